The average molecular weight is 412 g/mol. The Morgan fingerprint density at radius 3 is 2.63 bits per heavy atom. The summed E-state index contributed by atoms with van der Waals surface area (Å²) < 4.78 is 38.6. The molecule has 1 aliphatic heterocycles. The third-order valence-corrected chi connectivity index (χ3v) is 7.29. The SMILES string of the molecule is CCc1ccc(S(=O)(=O)NC(Cc2ccc3c(c2)OCCCO3)C(=O)O)s1. The summed E-state index contributed by atoms with van der Waals surface area (Å²) in [7, 11) is -3.91. The number of hydrogen-bond donors (Lipinski definition) is 2. The van der Waals surface area contributed by atoms with E-state index >= 15 is 0 Å². The highest BCUT2D eigenvalue weighted by atomic mass is 32.2. The molecule has 1 aliphatic rings. The van der Waals surface area contributed by atoms with Crippen molar-refractivity contribution in [3.05, 3.63) is 40.8 Å². The third-order valence-electron chi connectivity index (χ3n) is 4.10. The summed E-state index contributed by atoms with van der Waals surface area (Å²) in [6.07, 6.45) is 1.49. The second kappa shape index (κ2) is 8.28. The van der Waals surface area contributed by atoms with E-state index in [1.165, 1.54) is 6.07 Å². The predicted octanol–water partition coefficient (Wildman–Crippen LogP) is 2.45. The Balaban J connectivity index is 1.78. The Morgan fingerprint density at radius 1 is 1.22 bits per heavy atom. The van der Waals surface area contributed by atoms with E-state index in [2.05, 4.69) is 4.72 Å². The van der Waals surface area contributed by atoms with Gasteiger partial charge in [-0.15, -0.1) is 11.3 Å². The van der Waals surface area contributed by atoms with Gasteiger partial charge in [0.05, 0.1) is 13.2 Å². The van der Waals surface area contributed by atoms with Gasteiger partial charge in [0.1, 0.15) is 10.3 Å². The number of nitrogens with one attached hydrogen (secondary N) is 1. The molecule has 2 heterocycles. The summed E-state index contributed by atoms with van der Waals surface area (Å²) in [5.74, 6) is -0.0878. The smallest absolute Gasteiger partial charge is 0.322 e. The Kier molecular flexibility index (Phi) is 6.03. The minimum Gasteiger partial charge on any atom is -0.490 e. The zero-order valence-corrected chi connectivity index (χ0v) is 16.4. The normalized spacial score (nSPS) is 15.1. The van der Waals surface area contributed by atoms with Crippen LogP contribution >= 0.6 is 11.3 Å². The van der Waals surface area contributed by atoms with Gasteiger partial charge >= 0.3 is 5.97 Å². The van der Waals surface area contributed by atoms with E-state index in [1.54, 1.807) is 24.3 Å². The van der Waals surface area contributed by atoms with Crippen molar-refractivity contribution in [1.29, 1.82) is 0 Å². The molecule has 146 valence electrons. The van der Waals surface area contributed by atoms with Crippen LogP contribution in [0.2, 0.25) is 0 Å². The molecular formula is C18H21NO6S2. The van der Waals surface area contributed by atoms with Crippen molar-refractivity contribution in [3.8, 4) is 11.5 Å². The lowest BCUT2D eigenvalue weighted by molar-refractivity contribution is -0.138. The molecule has 7 nitrogen and oxygen atoms in total. The monoisotopic (exact) mass is 411 g/mol. The van der Waals surface area contributed by atoms with Gasteiger partial charge in [0, 0.05) is 11.3 Å². The molecule has 0 radical (unpaired) electrons. The maximum absolute atomic E-state index is 12.5. The highest BCUT2D eigenvalue weighted by Gasteiger charge is 2.27. The van der Waals surface area contributed by atoms with Crippen molar-refractivity contribution in [3.63, 3.8) is 0 Å². The van der Waals surface area contributed by atoms with Gasteiger partial charge in [0.25, 0.3) is 10.0 Å². The van der Waals surface area contributed by atoms with Crippen LogP contribution in [0.4, 0.5) is 0 Å². The van der Waals surface area contributed by atoms with Gasteiger partial charge in [-0.25, -0.2) is 8.42 Å². The number of ether oxygens (including phenoxy) is 2. The number of aryl methyl sites for hydroxylation is 1. The number of hydrogen-bond acceptors (Lipinski definition) is 6. The highest BCUT2D eigenvalue weighted by Crippen LogP contribution is 2.31. The maximum Gasteiger partial charge on any atom is 0.322 e. The molecule has 1 atom stereocenters. The van der Waals surface area contributed by atoms with Gasteiger partial charge < -0.3 is 14.6 Å². The van der Waals surface area contributed by atoms with Crippen molar-refractivity contribution in [2.24, 2.45) is 0 Å². The van der Waals surface area contributed by atoms with E-state index in [-0.39, 0.29) is 10.6 Å². The van der Waals surface area contributed by atoms with Crippen LogP contribution in [0.5, 0.6) is 11.5 Å². The second-order valence-corrected chi connectivity index (χ2v) is 9.23. The molecule has 0 saturated heterocycles. The lowest BCUT2D eigenvalue weighted by Crippen LogP contribution is -2.42. The molecule has 1 aromatic heterocycles. The Morgan fingerprint density at radius 2 is 1.96 bits per heavy atom. The topological polar surface area (TPSA) is 102 Å². The van der Waals surface area contributed by atoms with Gasteiger partial charge in [-0.1, -0.05) is 13.0 Å². The van der Waals surface area contributed by atoms with Crippen molar-refractivity contribution >= 4 is 27.3 Å². The van der Waals surface area contributed by atoms with Crippen molar-refractivity contribution in [2.75, 3.05) is 13.2 Å². The third kappa shape index (κ3) is 4.79. The van der Waals surface area contributed by atoms with Crippen LogP contribution in [0, 0.1) is 0 Å². The van der Waals surface area contributed by atoms with Crippen LogP contribution in [0.3, 0.4) is 0 Å². The average Bonchev–Trinajstić information content (AvgIpc) is 3.01. The molecule has 27 heavy (non-hydrogen) atoms. The number of sulfonamides is 1. The van der Waals surface area contributed by atoms with Crippen LogP contribution in [-0.4, -0.2) is 38.7 Å². The molecule has 2 aromatic rings. The number of fused-ring (bicyclic) bond motifs is 1. The summed E-state index contributed by atoms with van der Waals surface area (Å²) in [6, 6.07) is 7.09. The van der Waals surface area contributed by atoms with Crippen LogP contribution in [0.15, 0.2) is 34.5 Å². The number of thiophene rings is 1. The number of carbonyl (C=O) groups is 1. The number of carboxylic acid groups (broad SMARTS) is 1. The minimum absolute atomic E-state index is 0.00276. The zero-order valence-electron chi connectivity index (χ0n) is 14.8. The standard InChI is InChI=1S/C18H21NO6S2/c1-2-13-5-7-17(26-13)27(22,23)19-14(18(20)21)10-12-4-6-15-16(11-12)25-9-3-8-24-15/h4-7,11,14,19H,2-3,8-10H2,1H3,(H,20,21). The van der Waals surface area contributed by atoms with E-state index in [0.29, 0.717) is 30.3 Å². The summed E-state index contributed by atoms with van der Waals surface area (Å²) in [5.41, 5.74) is 0.648. The Hall–Kier alpha value is -2.10. The number of benzene rings is 1. The summed E-state index contributed by atoms with van der Waals surface area (Å²) in [5, 5.41) is 9.50. The van der Waals surface area contributed by atoms with E-state index in [0.717, 1.165) is 29.1 Å². The van der Waals surface area contributed by atoms with Gasteiger partial charge in [0.2, 0.25) is 0 Å². The molecule has 0 saturated carbocycles. The van der Waals surface area contributed by atoms with Crippen LogP contribution < -0.4 is 14.2 Å². The molecule has 3 rings (SSSR count). The first-order chi connectivity index (χ1) is 12.9. The molecule has 1 unspecified atom stereocenters. The largest absolute Gasteiger partial charge is 0.490 e. The quantitative estimate of drug-likeness (QED) is 0.726. The molecule has 0 aliphatic carbocycles. The predicted molar refractivity (Wildman–Crippen MR) is 101 cm³/mol. The van der Waals surface area contributed by atoms with E-state index < -0.39 is 22.0 Å². The Bertz CT molecular complexity index is 922. The van der Waals surface area contributed by atoms with Gasteiger partial charge in [-0.2, -0.15) is 4.72 Å². The van der Waals surface area contributed by atoms with Crippen LogP contribution in [0.1, 0.15) is 23.8 Å². The summed E-state index contributed by atoms with van der Waals surface area (Å²) in [4.78, 5) is 12.6. The molecule has 0 bridgehead atoms. The molecule has 0 amide bonds. The number of carboxylic acids is 1. The van der Waals surface area contributed by atoms with E-state index in [4.69, 9.17) is 9.47 Å². The van der Waals surface area contributed by atoms with Gasteiger partial charge in [-0.05, 0) is 42.7 Å². The summed E-state index contributed by atoms with van der Waals surface area (Å²) >= 11 is 1.14. The fourth-order valence-electron chi connectivity index (χ4n) is 2.69. The number of rotatable bonds is 7. The molecule has 0 spiro atoms. The first-order valence-electron chi connectivity index (χ1n) is 8.61. The molecule has 9 heteroatoms. The second-order valence-electron chi connectivity index (χ2n) is 6.12. The Labute approximate surface area is 162 Å². The highest BCUT2D eigenvalue weighted by molar-refractivity contribution is 7.91. The van der Waals surface area contributed by atoms with Crippen LogP contribution in [-0.2, 0) is 27.7 Å². The zero-order chi connectivity index (χ0) is 19.4. The number of aliphatic carboxylic acids is 1. The van der Waals surface area contributed by atoms with Crippen molar-refractivity contribution < 1.29 is 27.8 Å². The fraction of sp³-hybridized carbons (Fsp3) is 0.389. The first-order valence-corrected chi connectivity index (χ1v) is 10.9. The molecule has 0 fully saturated rings. The lowest BCUT2D eigenvalue weighted by atomic mass is 10.1. The lowest BCUT2D eigenvalue weighted by Gasteiger charge is -2.15. The van der Waals surface area contributed by atoms with Gasteiger partial charge in [0.15, 0.2) is 11.5 Å². The molecule has 1 aromatic carbocycles. The van der Waals surface area contributed by atoms with E-state index in [9.17, 15) is 18.3 Å². The van der Waals surface area contributed by atoms with Gasteiger partial charge in [-0.3, -0.25) is 4.79 Å². The molecular weight excluding hydrogens is 390 g/mol. The van der Waals surface area contributed by atoms with E-state index in [1.807, 2.05) is 6.92 Å². The van der Waals surface area contributed by atoms with Crippen molar-refractivity contribution in [1.82, 2.24) is 4.72 Å². The minimum atomic E-state index is -3.91. The van der Waals surface area contributed by atoms with Crippen LogP contribution in [0.25, 0.3) is 0 Å². The first kappa shape index (κ1) is 19.7. The van der Waals surface area contributed by atoms with Crippen molar-refractivity contribution in [2.45, 2.75) is 36.4 Å². The maximum atomic E-state index is 12.5. The fourth-order valence-corrected chi connectivity index (χ4v) is 5.19. The summed E-state index contributed by atoms with van der Waals surface area (Å²) in [6.45, 7) is 3.01. The molecule has 2 N–H and O–H groups in total.